The van der Waals surface area contributed by atoms with Gasteiger partial charge in [-0.3, -0.25) is 19.3 Å². The Morgan fingerprint density at radius 3 is 2.50 bits per heavy atom. The number of primary amides is 1. The van der Waals surface area contributed by atoms with Crippen LogP contribution < -0.4 is 10.5 Å². The van der Waals surface area contributed by atoms with E-state index in [1.165, 1.54) is 18.1 Å². The number of hydrogen-bond acceptors (Lipinski definition) is 10. The number of rotatable bonds is 6. The molecule has 1 amide bonds. The number of amides is 1. The number of carbonyl (C=O) groups excluding carboxylic acids is 3. The van der Waals surface area contributed by atoms with Crippen LogP contribution in [0.15, 0.2) is 53.3 Å². The zero-order valence-corrected chi connectivity index (χ0v) is 23.3. The van der Waals surface area contributed by atoms with Crippen LogP contribution in [0.3, 0.4) is 0 Å². The van der Waals surface area contributed by atoms with E-state index in [2.05, 4.69) is 0 Å². The maximum absolute atomic E-state index is 13.9. The van der Waals surface area contributed by atoms with Crippen molar-refractivity contribution < 1.29 is 44.7 Å². The second kappa shape index (κ2) is 10.3. The van der Waals surface area contributed by atoms with Gasteiger partial charge in [-0.2, -0.15) is 0 Å². The minimum Gasteiger partial charge on any atom is -0.508 e. The summed E-state index contributed by atoms with van der Waals surface area (Å²) >= 11 is 0. The van der Waals surface area contributed by atoms with E-state index in [1.807, 2.05) is 0 Å². The molecule has 0 aliphatic heterocycles. The number of fused-ring (bicyclic) bond motifs is 3. The highest BCUT2D eigenvalue weighted by molar-refractivity contribution is 6.24. The fraction of sp³-hybridized carbons (Fsp3) is 0.323. The molecule has 7 N–H and O–H groups in total. The van der Waals surface area contributed by atoms with Gasteiger partial charge in [0.2, 0.25) is 5.78 Å². The van der Waals surface area contributed by atoms with Crippen LogP contribution in [-0.2, 0) is 27.2 Å². The van der Waals surface area contributed by atoms with Gasteiger partial charge in [-0.05, 0) is 62.5 Å². The molecule has 2 aromatic carbocycles. The third-order valence-corrected chi connectivity index (χ3v) is 8.58. The summed E-state index contributed by atoms with van der Waals surface area (Å²) in [4.78, 5) is 40.7. The Balaban J connectivity index is 1.59. The van der Waals surface area contributed by atoms with Crippen molar-refractivity contribution in [2.75, 3.05) is 21.2 Å². The van der Waals surface area contributed by atoms with Gasteiger partial charge >= 0.3 is 0 Å². The number of aromatic hydroxyl groups is 2. The minimum absolute atomic E-state index is 0.00224. The average molecular weight is 577 g/mol. The van der Waals surface area contributed by atoms with Crippen LogP contribution in [0.25, 0.3) is 11.8 Å². The first-order chi connectivity index (χ1) is 19.8. The lowest BCUT2D eigenvalue weighted by Gasteiger charge is -2.50. The number of phenolic OH excluding ortho intramolecular Hbond substituents is 2. The van der Waals surface area contributed by atoms with Crippen LogP contribution in [0, 0.1) is 11.8 Å². The van der Waals surface area contributed by atoms with Crippen LogP contribution in [0.4, 0.5) is 0 Å². The molecule has 1 saturated carbocycles. The highest BCUT2D eigenvalue weighted by Crippen LogP contribution is 2.53. The molecule has 0 aromatic heterocycles. The lowest BCUT2D eigenvalue weighted by atomic mass is 9.57. The van der Waals surface area contributed by atoms with Gasteiger partial charge in [0.15, 0.2) is 22.9 Å². The van der Waals surface area contributed by atoms with Gasteiger partial charge in [-0.1, -0.05) is 30.4 Å². The summed E-state index contributed by atoms with van der Waals surface area (Å²) in [5, 5.41) is 55.1. The molecule has 0 heterocycles. The normalized spacial score (nSPS) is 25.5. The molecule has 4 unspecified atom stereocenters. The standard InChI is InChI=1S/C31H32N2O9/c1-33(2)24-18-13-16-12-17-14(6-4-7-15-8-5-9-20(42-3)25(15)35)10-11-19(34)22(17)26(36)21(16)28(38)31(18,41)29(39)23(27(24)37)30(32)40/h4-6,8-11,16,18,24,34-36,39,41H,7,12-13H2,1-3H3,(H2,32,40)/b6-4-. The first-order valence-electron chi connectivity index (χ1n) is 13.4. The average Bonchev–Trinajstić information content (AvgIpc) is 2.92. The molecule has 0 saturated heterocycles. The number of benzene rings is 2. The molecule has 0 spiro atoms. The number of aliphatic hydroxyl groups excluding tert-OH is 2. The highest BCUT2D eigenvalue weighted by Gasteiger charge is 2.64. The molecule has 11 heteroatoms. The molecule has 1 fully saturated rings. The van der Waals surface area contributed by atoms with Crippen molar-refractivity contribution in [2.45, 2.75) is 30.9 Å². The maximum atomic E-state index is 13.9. The van der Waals surface area contributed by atoms with Crippen molar-refractivity contribution in [1.82, 2.24) is 4.90 Å². The van der Waals surface area contributed by atoms with Gasteiger partial charge in [-0.25, -0.2) is 0 Å². The van der Waals surface area contributed by atoms with E-state index < -0.39 is 58.0 Å². The molecule has 220 valence electrons. The van der Waals surface area contributed by atoms with Gasteiger partial charge in [-0.15, -0.1) is 0 Å². The van der Waals surface area contributed by atoms with E-state index in [9.17, 15) is 39.9 Å². The topological polar surface area (TPSA) is 191 Å². The Kier molecular flexibility index (Phi) is 7.12. The van der Waals surface area contributed by atoms with Gasteiger partial charge in [0.05, 0.1) is 18.7 Å². The second-order valence-corrected chi connectivity index (χ2v) is 11.1. The van der Waals surface area contributed by atoms with Gasteiger partial charge in [0, 0.05) is 17.1 Å². The van der Waals surface area contributed by atoms with Crippen LogP contribution >= 0.6 is 0 Å². The zero-order chi connectivity index (χ0) is 30.7. The molecule has 5 rings (SSSR count). The van der Waals surface area contributed by atoms with Crippen molar-refractivity contribution >= 4 is 29.3 Å². The van der Waals surface area contributed by atoms with Crippen molar-refractivity contribution in [3.05, 3.63) is 75.6 Å². The largest absolute Gasteiger partial charge is 0.508 e. The Morgan fingerprint density at radius 2 is 1.86 bits per heavy atom. The molecule has 2 aromatic rings. The van der Waals surface area contributed by atoms with Crippen LogP contribution in [0.1, 0.15) is 28.7 Å². The lowest BCUT2D eigenvalue weighted by molar-refractivity contribution is -0.153. The summed E-state index contributed by atoms with van der Waals surface area (Å²) in [7, 11) is 4.56. The van der Waals surface area contributed by atoms with Crippen LogP contribution in [0.5, 0.6) is 17.2 Å². The summed E-state index contributed by atoms with van der Waals surface area (Å²) < 4.78 is 5.16. The maximum Gasteiger partial charge on any atom is 0.255 e. The Labute approximate surface area is 241 Å². The number of allylic oxidation sites excluding steroid dienone is 1. The number of nitrogens with two attached hydrogens (primary N) is 1. The minimum atomic E-state index is -2.68. The number of phenols is 2. The third kappa shape index (κ3) is 4.15. The number of ether oxygens (including phenoxy) is 1. The Morgan fingerprint density at radius 1 is 1.14 bits per heavy atom. The summed E-state index contributed by atoms with van der Waals surface area (Å²) in [6.07, 6.45) is 4.10. The van der Waals surface area contributed by atoms with Crippen molar-refractivity contribution in [3.8, 4) is 17.2 Å². The number of hydrogen-bond donors (Lipinski definition) is 6. The van der Waals surface area contributed by atoms with E-state index >= 15 is 0 Å². The number of para-hydroxylation sites is 1. The molecular weight excluding hydrogens is 544 g/mol. The quantitative estimate of drug-likeness (QED) is 0.277. The summed E-state index contributed by atoms with van der Waals surface area (Å²) in [6.45, 7) is 0. The smallest absolute Gasteiger partial charge is 0.255 e. The lowest BCUT2D eigenvalue weighted by Crippen LogP contribution is -2.65. The molecule has 42 heavy (non-hydrogen) atoms. The van der Waals surface area contributed by atoms with Crippen LogP contribution in [-0.4, -0.2) is 80.8 Å². The van der Waals surface area contributed by atoms with Gasteiger partial charge < -0.3 is 36.0 Å². The summed E-state index contributed by atoms with van der Waals surface area (Å²) in [5.41, 5.74) is 3.44. The Bertz CT molecular complexity index is 1620. The molecule has 0 radical (unpaired) electrons. The number of carbonyl (C=O) groups is 3. The summed E-state index contributed by atoms with van der Waals surface area (Å²) in [6, 6.07) is 7.03. The number of likely N-dealkylation sites (N-methyl/N-ethyl adjacent to an activating group) is 1. The predicted octanol–water partition coefficient (Wildman–Crippen LogP) is 1.93. The van der Waals surface area contributed by atoms with Crippen LogP contribution in [0.2, 0.25) is 0 Å². The Hall–Kier alpha value is -4.61. The fourth-order valence-corrected chi connectivity index (χ4v) is 6.63. The fourth-order valence-electron chi connectivity index (χ4n) is 6.63. The van der Waals surface area contributed by atoms with E-state index in [4.69, 9.17) is 10.5 Å². The molecular formula is C31H32N2O9. The number of nitrogens with zero attached hydrogens (tertiary/aromatic N) is 1. The van der Waals surface area contributed by atoms with E-state index in [1.54, 1.807) is 50.5 Å². The van der Waals surface area contributed by atoms with Crippen molar-refractivity contribution in [2.24, 2.45) is 17.6 Å². The second-order valence-electron chi connectivity index (χ2n) is 11.1. The van der Waals surface area contributed by atoms with E-state index in [0.717, 1.165) is 0 Å². The molecule has 0 bridgehead atoms. The summed E-state index contributed by atoms with van der Waals surface area (Å²) in [5.74, 6) is -6.58. The SMILES string of the molecule is COc1cccc(C/C=C\c2ccc(O)c3c2CC2CC4C(N(C)C)C(=O)C(C(N)=O)=C(O)C4(O)C(=O)C2=C3O)c1O. The molecule has 4 atom stereocenters. The third-order valence-electron chi connectivity index (χ3n) is 8.58. The number of Topliss-reactive ketones (excluding diaryl/α,β-unsaturated/α-hetero) is 2. The first kappa shape index (κ1) is 28.9. The zero-order valence-electron chi connectivity index (χ0n) is 23.3. The molecule has 3 aliphatic carbocycles. The van der Waals surface area contributed by atoms with E-state index in [-0.39, 0.29) is 35.5 Å². The van der Waals surface area contributed by atoms with Crippen molar-refractivity contribution in [3.63, 3.8) is 0 Å². The van der Waals surface area contributed by atoms with Gasteiger partial charge in [0.1, 0.15) is 22.8 Å². The monoisotopic (exact) mass is 576 g/mol. The van der Waals surface area contributed by atoms with E-state index in [0.29, 0.717) is 28.9 Å². The van der Waals surface area contributed by atoms with Crippen molar-refractivity contribution in [1.29, 1.82) is 0 Å². The predicted molar refractivity (Wildman–Crippen MR) is 152 cm³/mol. The molecule has 11 nitrogen and oxygen atoms in total. The first-order valence-corrected chi connectivity index (χ1v) is 13.4. The highest BCUT2D eigenvalue weighted by atomic mass is 16.5. The van der Waals surface area contributed by atoms with Gasteiger partial charge in [0.25, 0.3) is 5.91 Å². The number of ketones is 2. The number of methoxy groups -OCH3 is 1. The number of aliphatic hydroxyl groups is 3. The molecule has 3 aliphatic rings.